The fraction of sp³-hybridized carbons (Fsp3) is 0.500. The van der Waals surface area contributed by atoms with Crippen molar-refractivity contribution < 1.29 is 0 Å². The minimum Gasteiger partial charge on any atom is -0.354 e. The number of nitrogens with zero attached hydrogens (tertiary/aromatic N) is 4. The van der Waals surface area contributed by atoms with Crippen LogP contribution < -0.4 is 4.90 Å². The van der Waals surface area contributed by atoms with Gasteiger partial charge in [-0.2, -0.15) is 0 Å². The average molecular weight is 311 g/mol. The molecule has 2 heterocycles. The summed E-state index contributed by atoms with van der Waals surface area (Å²) in [6.07, 6.45) is 3.75. The molecule has 0 unspecified atom stereocenters. The van der Waals surface area contributed by atoms with Crippen molar-refractivity contribution in [2.24, 2.45) is 0 Å². The van der Waals surface area contributed by atoms with E-state index >= 15 is 0 Å². The monoisotopic (exact) mass is 310 g/mol. The van der Waals surface area contributed by atoms with Crippen molar-refractivity contribution in [2.75, 3.05) is 11.9 Å². The summed E-state index contributed by atoms with van der Waals surface area (Å²) in [6, 6.07) is 0. The van der Waals surface area contributed by atoms with E-state index in [9.17, 15) is 0 Å². The van der Waals surface area contributed by atoms with Gasteiger partial charge in [-0.15, -0.1) is 11.3 Å². The predicted molar refractivity (Wildman–Crippen MR) is 84.8 cm³/mol. The lowest BCUT2D eigenvalue weighted by atomic mass is 10.2. The molecule has 0 radical (unpaired) electrons. The van der Waals surface area contributed by atoms with E-state index < -0.39 is 0 Å². The van der Waals surface area contributed by atoms with Gasteiger partial charge in [-0.1, -0.05) is 25.4 Å². The van der Waals surface area contributed by atoms with E-state index in [1.165, 1.54) is 9.88 Å². The first-order chi connectivity index (χ1) is 9.55. The predicted octanol–water partition coefficient (Wildman–Crippen LogP) is 3.66. The maximum Gasteiger partial charge on any atom is 0.138 e. The molecule has 108 valence electrons. The van der Waals surface area contributed by atoms with Crippen LogP contribution in [0.5, 0.6) is 0 Å². The quantitative estimate of drug-likeness (QED) is 0.790. The second-order valence-electron chi connectivity index (χ2n) is 4.65. The molecule has 0 saturated carbocycles. The van der Waals surface area contributed by atoms with Crippen LogP contribution in [0.25, 0.3) is 0 Å². The fourth-order valence-electron chi connectivity index (χ4n) is 2.06. The minimum absolute atomic E-state index is 0.556. The van der Waals surface area contributed by atoms with E-state index in [0.717, 1.165) is 30.8 Å². The van der Waals surface area contributed by atoms with E-state index in [-0.39, 0.29) is 0 Å². The Morgan fingerprint density at radius 3 is 2.60 bits per heavy atom. The number of anilines is 1. The van der Waals surface area contributed by atoms with Gasteiger partial charge in [-0.05, 0) is 19.8 Å². The number of thiazole rings is 1. The number of hydrogen-bond donors (Lipinski definition) is 0. The molecule has 0 atom stereocenters. The van der Waals surface area contributed by atoms with E-state index in [4.69, 9.17) is 11.6 Å². The largest absolute Gasteiger partial charge is 0.354 e. The van der Waals surface area contributed by atoms with Gasteiger partial charge >= 0.3 is 0 Å². The van der Waals surface area contributed by atoms with Gasteiger partial charge in [-0.3, -0.25) is 0 Å². The Balaban J connectivity index is 2.26. The first-order valence-electron chi connectivity index (χ1n) is 6.72. The molecule has 6 heteroatoms. The molecule has 0 aliphatic rings. The Bertz CT molecular complexity index is 597. The highest BCUT2D eigenvalue weighted by molar-refractivity contribution is 7.11. The van der Waals surface area contributed by atoms with Gasteiger partial charge in [-0.25, -0.2) is 15.0 Å². The molecule has 0 aliphatic carbocycles. The van der Waals surface area contributed by atoms with Gasteiger partial charge in [0.2, 0.25) is 0 Å². The van der Waals surface area contributed by atoms with Gasteiger partial charge in [0, 0.05) is 23.7 Å². The second kappa shape index (κ2) is 6.50. The van der Waals surface area contributed by atoms with Crippen LogP contribution in [-0.4, -0.2) is 22.0 Å². The zero-order chi connectivity index (χ0) is 14.7. The molecule has 2 aromatic heterocycles. The first kappa shape index (κ1) is 15.2. The van der Waals surface area contributed by atoms with Crippen LogP contribution in [0.1, 0.15) is 35.1 Å². The molecular formula is C14H19ClN4S. The lowest BCUT2D eigenvalue weighted by Gasteiger charge is -2.21. The first-order valence-corrected chi connectivity index (χ1v) is 7.92. The van der Waals surface area contributed by atoms with Crippen LogP contribution in [0.4, 0.5) is 5.82 Å². The fourth-order valence-corrected chi connectivity index (χ4v) is 3.32. The highest BCUT2D eigenvalue weighted by Crippen LogP contribution is 2.26. The van der Waals surface area contributed by atoms with Crippen molar-refractivity contribution in [1.29, 1.82) is 0 Å². The van der Waals surface area contributed by atoms with Crippen LogP contribution in [0.3, 0.4) is 0 Å². The summed E-state index contributed by atoms with van der Waals surface area (Å²) in [5.74, 6) is 1.61. The minimum atomic E-state index is 0.556. The third-order valence-electron chi connectivity index (χ3n) is 3.06. The van der Waals surface area contributed by atoms with Gasteiger partial charge in [0.1, 0.15) is 16.8 Å². The number of hydrogen-bond acceptors (Lipinski definition) is 5. The topological polar surface area (TPSA) is 41.9 Å². The van der Waals surface area contributed by atoms with Crippen LogP contribution in [0.15, 0.2) is 6.20 Å². The molecule has 2 rings (SSSR count). The van der Waals surface area contributed by atoms with Crippen molar-refractivity contribution >= 4 is 28.8 Å². The van der Waals surface area contributed by atoms with Crippen LogP contribution in [-0.2, 0) is 19.4 Å². The number of rotatable bonds is 5. The van der Waals surface area contributed by atoms with Gasteiger partial charge < -0.3 is 4.90 Å². The SMILES string of the molecule is CCc1ncc(CN(C)c2nc(C)nc(Cl)c2CC)s1. The van der Waals surface area contributed by atoms with Crippen molar-refractivity contribution in [3.05, 3.63) is 32.6 Å². The molecule has 4 nitrogen and oxygen atoms in total. The van der Waals surface area contributed by atoms with Crippen LogP contribution in [0, 0.1) is 6.92 Å². The molecule has 0 amide bonds. The Morgan fingerprint density at radius 2 is 2.00 bits per heavy atom. The molecule has 0 aromatic carbocycles. The number of aromatic nitrogens is 3. The zero-order valence-electron chi connectivity index (χ0n) is 12.3. The lowest BCUT2D eigenvalue weighted by molar-refractivity contribution is 0.865. The molecule has 2 aromatic rings. The summed E-state index contributed by atoms with van der Waals surface area (Å²) < 4.78 is 0. The zero-order valence-corrected chi connectivity index (χ0v) is 13.8. The summed E-state index contributed by atoms with van der Waals surface area (Å²) in [5.41, 5.74) is 1.000. The lowest BCUT2D eigenvalue weighted by Crippen LogP contribution is -2.20. The molecule has 0 fully saturated rings. The highest BCUT2D eigenvalue weighted by atomic mass is 35.5. The highest BCUT2D eigenvalue weighted by Gasteiger charge is 2.15. The van der Waals surface area contributed by atoms with Gasteiger partial charge in [0.05, 0.1) is 11.6 Å². The Morgan fingerprint density at radius 1 is 1.25 bits per heavy atom. The molecular weight excluding hydrogens is 292 g/mol. The molecule has 0 aliphatic heterocycles. The maximum atomic E-state index is 6.22. The Labute approximate surface area is 128 Å². The summed E-state index contributed by atoms with van der Waals surface area (Å²) >= 11 is 7.97. The second-order valence-corrected chi connectivity index (χ2v) is 6.21. The smallest absolute Gasteiger partial charge is 0.138 e. The standard InChI is InChI=1S/C14H19ClN4S/c1-5-11-13(15)17-9(3)18-14(11)19(4)8-10-7-16-12(6-2)20-10/h7H,5-6,8H2,1-4H3. The molecule has 0 spiro atoms. The van der Waals surface area contributed by atoms with Crippen molar-refractivity contribution in [3.8, 4) is 0 Å². The van der Waals surface area contributed by atoms with E-state index in [1.54, 1.807) is 11.3 Å². The molecule has 0 saturated heterocycles. The van der Waals surface area contributed by atoms with Crippen molar-refractivity contribution in [2.45, 2.75) is 40.2 Å². The van der Waals surface area contributed by atoms with Crippen molar-refractivity contribution in [3.63, 3.8) is 0 Å². The Hall–Kier alpha value is -1.20. The number of halogens is 1. The normalized spacial score (nSPS) is 10.8. The third kappa shape index (κ3) is 3.27. The Kier molecular flexibility index (Phi) is 4.94. The summed E-state index contributed by atoms with van der Waals surface area (Å²) in [7, 11) is 2.03. The average Bonchev–Trinajstić information content (AvgIpc) is 2.85. The third-order valence-corrected chi connectivity index (χ3v) is 4.50. The van der Waals surface area contributed by atoms with Crippen molar-refractivity contribution in [1.82, 2.24) is 15.0 Å². The van der Waals surface area contributed by atoms with E-state index in [1.807, 2.05) is 20.2 Å². The van der Waals surface area contributed by atoms with Crippen LogP contribution in [0.2, 0.25) is 5.15 Å². The maximum absolute atomic E-state index is 6.22. The summed E-state index contributed by atoms with van der Waals surface area (Å²) in [4.78, 5) is 16.5. The van der Waals surface area contributed by atoms with E-state index in [0.29, 0.717) is 11.0 Å². The summed E-state index contributed by atoms with van der Waals surface area (Å²) in [5, 5.41) is 1.72. The van der Waals surface area contributed by atoms with Gasteiger partial charge in [0.15, 0.2) is 0 Å². The van der Waals surface area contributed by atoms with Gasteiger partial charge in [0.25, 0.3) is 0 Å². The molecule has 0 N–H and O–H groups in total. The summed E-state index contributed by atoms with van der Waals surface area (Å²) in [6.45, 7) is 6.84. The molecule has 20 heavy (non-hydrogen) atoms. The van der Waals surface area contributed by atoms with Crippen LogP contribution >= 0.6 is 22.9 Å². The molecule has 0 bridgehead atoms. The number of aryl methyl sites for hydroxylation is 2. The van der Waals surface area contributed by atoms with E-state index in [2.05, 4.69) is 33.7 Å².